The van der Waals surface area contributed by atoms with Crippen molar-refractivity contribution in [2.75, 3.05) is 0 Å². The van der Waals surface area contributed by atoms with Crippen LogP contribution in [0.3, 0.4) is 0 Å². The minimum atomic E-state index is -1.40. The second-order valence-corrected chi connectivity index (χ2v) is 3.51. The van der Waals surface area contributed by atoms with Crippen molar-refractivity contribution in [2.24, 2.45) is 5.73 Å². The van der Waals surface area contributed by atoms with Gasteiger partial charge in [0.25, 0.3) is 0 Å². The summed E-state index contributed by atoms with van der Waals surface area (Å²) in [7, 11) is 0. The van der Waals surface area contributed by atoms with Crippen molar-refractivity contribution in [3.05, 3.63) is 34.4 Å². The Labute approximate surface area is 84.9 Å². The molecule has 0 spiro atoms. The highest BCUT2D eigenvalue weighted by Crippen LogP contribution is 2.28. The molecule has 1 nitrogen and oxygen atoms in total. The van der Waals surface area contributed by atoms with Crippen LogP contribution in [-0.4, -0.2) is 0 Å². The summed E-state index contributed by atoms with van der Waals surface area (Å²) in [5, 5.41) is 0. The van der Waals surface area contributed by atoms with Gasteiger partial charge in [-0.05, 0) is 5.92 Å². The van der Waals surface area contributed by atoms with Crippen molar-refractivity contribution in [1.82, 2.24) is 0 Å². The molecule has 84 valence electrons. The summed E-state index contributed by atoms with van der Waals surface area (Å²) >= 11 is 0. The lowest BCUT2D eigenvalue weighted by atomic mass is 9.99. The lowest BCUT2D eigenvalue weighted by Gasteiger charge is -2.13. The first-order valence-electron chi connectivity index (χ1n) is 4.46. The van der Waals surface area contributed by atoms with Gasteiger partial charge in [-0.15, -0.1) is 0 Å². The predicted octanol–water partition coefficient (Wildman–Crippen LogP) is 2.83. The van der Waals surface area contributed by atoms with Gasteiger partial charge in [0, 0.05) is 17.7 Å². The Morgan fingerprint density at radius 3 is 1.60 bits per heavy atom. The zero-order valence-corrected chi connectivity index (χ0v) is 8.37. The molecule has 0 unspecified atom stereocenters. The van der Waals surface area contributed by atoms with Gasteiger partial charge in [0.1, 0.15) is 0 Å². The summed E-state index contributed by atoms with van der Waals surface area (Å²) in [6.45, 7) is 2.31. The summed E-state index contributed by atoms with van der Waals surface area (Å²) in [5.41, 5.74) is 3.67. The average molecular weight is 221 g/mol. The topological polar surface area (TPSA) is 26.0 Å². The Hall–Kier alpha value is -1.10. The third-order valence-corrected chi connectivity index (χ3v) is 2.17. The molecule has 0 aliphatic heterocycles. The van der Waals surface area contributed by atoms with Gasteiger partial charge < -0.3 is 5.73 Å². The van der Waals surface area contributed by atoms with E-state index in [0.29, 0.717) is 0 Å². The van der Waals surface area contributed by atoms with Crippen molar-refractivity contribution in [1.29, 1.82) is 0 Å². The standard InChI is InChI=1S/C10H11F4N/c1-4(2)6-9(13)7(11)5(3-15)8(12)10(6)14/h4H,3,15H2,1-2H3. The van der Waals surface area contributed by atoms with Gasteiger partial charge in [0.05, 0.1) is 0 Å². The molecule has 1 rings (SSSR count). The fraction of sp³-hybridized carbons (Fsp3) is 0.400. The van der Waals surface area contributed by atoms with Crippen LogP contribution in [0.15, 0.2) is 0 Å². The molecule has 1 aromatic rings. The summed E-state index contributed by atoms with van der Waals surface area (Å²) in [6.07, 6.45) is 0. The summed E-state index contributed by atoms with van der Waals surface area (Å²) < 4.78 is 53.0. The van der Waals surface area contributed by atoms with E-state index >= 15 is 0 Å². The average Bonchev–Trinajstić information content (AvgIpc) is 2.16. The molecule has 0 heterocycles. The molecule has 0 aromatic heterocycles. The van der Waals surface area contributed by atoms with Crippen LogP contribution < -0.4 is 5.73 Å². The van der Waals surface area contributed by atoms with Gasteiger partial charge in [-0.1, -0.05) is 13.8 Å². The van der Waals surface area contributed by atoms with Crippen molar-refractivity contribution >= 4 is 0 Å². The quantitative estimate of drug-likeness (QED) is 0.603. The monoisotopic (exact) mass is 221 g/mol. The maximum absolute atomic E-state index is 13.3. The third kappa shape index (κ3) is 1.84. The van der Waals surface area contributed by atoms with Gasteiger partial charge in [-0.25, -0.2) is 17.6 Å². The Bertz CT molecular complexity index is 358. The maximum atomic E-state index is 13.3. The van der Waals surface area contributed by atoms with Crippen molar-refractivity contribution in [2.45, 2.75) is 26.3 Å². The molecule has 0 amide bonds. The van der Waals surface area contributed by atoms with Crippen LogP contribution in [0.25, 0.3) is 0 Å². The highest BCUT2D eigenvalue weighted by molar-refractivity contribution is 5.31. The highest BCUT2D eigenvalue weighted by Gasteiger charge is 2.25. The molecular weight excluding hydrogens is 210 g/mol. The Morgan fingerprint density at radius 1 is 0.933 bits per heavy atom. The van der Waals surface area contributed by atoms with Crippen LogP contribution in [0.2, 0.25) is 0 Å². The number of hydrogen-bond donors (Lipinski definition) is 1. The first kappa shape index (κ1) is 12.0. The molecule has 2 N–H and O–H groups in total. The van der Waals surface area contributed by atoms with E-state index in [2.05, 4.69) is 0 Å². The van der Waals surface area contributed by atoms with Gasteiger partial charge in [-0.3, -0.25) is 0 Å². The second-order valence-electron chi connectivity index (χ2n) is 3.51. The summed E-state index contributed by atoms with van der Waals surface area (Å²) in [4.78, 5) is 0. The molecule has 5 heteroatoms. The predicted molar refractivity (Wildman–Crippen MR) is 48.3 cm³/mol. The first-order chi connectivity index (χ1) is 6.91. The minimum absolute atomic E-state index is 0.579. The molecule has 0 atom stereocenters. The Morgan fingerprint density at radius 2 is 1.33 bits per heavy atom. The van der Waals surface area contributed by atoms with Crippen molar-refractivity contribution in [3.63, 3.8) is 0 Å². The molecular formula is C10H11F4N. The van der Waals surface area contributed by atoms with Crippen molar-refractivity contribution in [3.8, 4) is 0 Å². The molecule has 0 saturated carbocycles. The van der Waals surface area contributed by atoms with E-state index in [0.717, 1.165) is 0 Å². The SMILES string of the molecule is CC(C)c1c(F)c(F)c(CN)c(F)c1F. The molecule has 0 fully saturated rings. The molecule has 0 aliphatic rings. The van der Waals surface area contributed by atoms with E-state index < -0.39 is 46.9 Å². The van der Waals surface area contributed by atoms with Crippen LogP contribution in [0.4, 0.5) is 17.6 Å². The molecule has 0 radical (unpaired) electrons. The smallest absolute Gasteiger partial charge is 0.166 e. The van der Waals surface area contributed by atoms with Crippen molar-refractivity contribution < 1.29 is 17.6 Å². The lowest BCUT2D eigenvalue weighted by Crippen LogP contribution is -2.12. The van der Waals surface area contributed by atoms with Gasteiger partial charge in [-0.2, -0.15) is 0 Å². The van der Waals surface area contributed by atoms with Crippen LogP contribution in [0, 0.1) is 23.3 Å². The van der Waals surface area contributed by atoms with Gasteiger partial charge in [0.2, 0.25) is 0 Å². The first-order valence-corrected chi connectivity index (χ1v) is 4.46. The third-order valence-electron chi connectivity index (χ3n) is 2.17. The van der Waals surface area contributed by atoms with E-state index in [9.17, 15) is 17.6 Å². The van der Waals surface area contributed by atoms with Gasteiger partial charge in [0.15, 0.2) is 23.3 Å². The number of nitrogens with two attached hydrogens (primary N) is 1. The largest absolute Gasteiger partial charge is 0.326 e. The van der Waals surface area contributed by atoms with Crippen LogP contribution in [0.5, 0.6) is 0 Å². The number of benzene rings is 1. The highest BCUT2D eigenvalue weighted by atomic mass is 19.2. The van der Waals surface area contributed by atoms with E-state index in [1.807, 2.05) is 0 Å². The van der Waals surface area contributed by atoms with Crippen LogP contribution in [0.1, 0.15) is 30.9 Å². The Balaban J connectivity index is 3.59. The normalized spacial score (nSPS) is 11.2. The molecule has 0 saturated heterocycles. The number of rotatable bonds is 2. The maximum Gasteiger partial charge on any atom is 0.166 e. The molecule has 1 aromatic carbocycles. The fourth-order valence-corrected chi connectivity index (χ4v) is 1.38. The van der Waals surface area contributed by atoms with Gasteiger partial charge >= 0.3 is 0 Å². The van der Waals surface area contributed by atoms with E-state index in [1.54, 1.807) is 0 Å². The zero-order valence-electron chi connectivity index (χ0n) is 8.37. The second kappa shape index (κ2) is 4.18. The van der Waals surface area contributed by atoms with E-state index in [4.69, 9.17) is 5.73 Å². The van der Waals surface area contributed by atoms with E-state index in [-0.39, 0.29) is 0 Å². The van der Waals surface area contributed by atoms with E-state index in [1.165, 1.54) is 13.8 Å². The minimum Gasteiger partial charge on any atom is -0.326 e. The lowest BCUT2D eigenvalue weighted by molar-refractivity contribution is 0.420. The molecule has 0 aliphatic carbocycles. The zero-order chi connectivity index (χ0) is 11.7. The molecule has 0 bridgehead atoms. The van der Waals surface area contributed by atoms with Crippen LogP contribution in [-0.2, 0) is 6.54 Å². The fourth-order valence-electron chi connectivity index (χ4n) is 1.38. The number of hydrogen-bond acceptors (Lipinski definition) is 1. The Kier molecular flexibility index (Phi) is 3.34. The number of halogens is 4. The molecule has 15 heavy (non-hydrogen) atoms. The van der Waals surface area contributed by atoms with Crippen LogP contribution >= 0.6 is 0 Å². The summed E-state index contributed by atoms with van der Waals surface area (Å²) in [6, 6.07) is 0. The summed E-state index contributed by atoms with van der Waals surface area (Å²) in [5.74, 6) is -6.16.